The highest BCUT2D eigenvalue weighted by molar-refractivity contribution is 5.76. The van der Waals surface area contributed by atoms with Crippen molar-refractivity contribution in [2.75, 3.05) is 0 Å². The van der Waals surface area contributed by atoms with E-state index in [0.29, 0.717) is 12.1 Å². The van der Waals surface area contributed by atoms with E-state index < -0.39 is 0 Å². The van der Waals surface area contributed by atoms with Crippen molar-refractivity contribution in [3.05, 3.63) is 0 Å². The van der Waals surface area contributed by atoms with Crippen molar-refractivity contribution in [1.29, 1.82) is 0 Å². The molecular formula is C8H18N4O. The summed E-state index contributed by atoms with van der Waals surface area (Å²) in [5.74, 6) is 0.0561. The molecule has 5 heteroatoms. The lowest BCUT2D eigenvalue weighted by Gasteiger charge is -2.36. The van der Waals surface area contributed by atoms with Gasteiger partial charge < -0.3 is 5.73 Å². The van der Waals surface area contributed by atoms with Crippen molar-refractivity contribution in [3.8, 4) is 0 Å². The molecule has 1 rings (SSSR count). The Morgan fingerprint density at radius 3 is 2.46 bits per heavy atom. The zero-order chi connectivity index (χ0) is 9.84. The molecular weight excluding hydrogens is 168 g/mol. The Kier molecular flexibility index (Phi) is 3.36. The molecule has 0 radical (unpaired) electrons. The Labute approximate surface area is 78.6 Å². The van der Waals surface area contributed by atoms with Crippen LogP contribution in [0.5, 0.6) is 0 Å². The molecule has 0 aliphatic carbocycles. The third kappa shape index (κ3) is 2.48. The SMILES string of the molecule is CC1CCCC(C)N1/N=C(\N)NO. The molecule has 0 amide bonds. The predicted octanol–water partition coefficient (Wildman–Crippen LogP) is 0.458. The second-order valence-electron chi connectivity index (χ2n) is 3.61. The molecule has 76 valence electrons. The molecule has 1 aliphatic heterocycles. The van der Waals surface area contributed by atoms with Crippen LogP contribution in [0.15, 0.2) is 5.10 Å². The van der Waals surface area contributed by atoms with Crippen LogP contribution in [0.4, 0.5) is 0 Å². The van der Waals surface area contributed by atoms with Gasteiger partial charge in [-0.2, -0.15) is 0 Å². The summed E-state index contributed by atoms with van der Waals surface area (Å²) >= 11 is 0. The fourth-order valence-corrected chi connectivity index (χ4v) is 1.75. The van der Waals surface area contributed by atoms with E-state index in [1.807, 2.05) is 10.5 Å². The minimum atomic E-state index is 0.0561. The summed E-state index contributed by atoms with van der Waals surface area (Å²) in [7, 11) is 0. The number of nitrogens with zero attached hydrogens (tertiary/aromatic N) is 2. The van der Waals surface area contributed by atoms with Gasteiger partial charge in [0.25, 0.3) is 0 Å². The molecule has 1 fully saturated rings. The van der Waals surface area contributed by atoms with E-state index in [9.17, 15) is 0 Å². The summed E-state index contributed by atoms with van der Waals surface area (Å²) in [5.41, 5.74) is 7.21. The fourth-order valence-electron chi connectivity index (χ4n) is 1.75. The number of nitrogens with two attached hydrogens (primary N) is 1. The number of nitrogens with one attached hydrogen (secondary N) is 1. The van der Waals surface area contributed by atoms with Crippen LogP contribution in [0.25, 0.3) is 0 Å². The van der Waals surface area contributed by atoms with E-state index >= 15 is 0 Å². The minimum Gasteiger partial charge on any atom is -0.367 e. The van der Waals surface area contributed by atoms with Crippen LogP contribution in [0, 0.1) is 0 Å². The van der Waals surface area contributed by atoms with Gasteiger partial charge in [-0.05, 0) is 33.1 Å². The lowest BCUT2D eigenvalue weighted by Crippen LogP contribution is -2.43. The average Bonchev–Trinajstić information content (AvgIpc) is 2.11. The Balaban J connectivity index is 2.63. The topological polar surface area (TPSA) is 73.9 Å². The van der Waals surface area contributed by atoms with Gasteiger partial charge in [0.05, 0.1) is 0 Å². The van der Waals surface area contributed by atoms with Gasteiger partial charge in [-0.3, -0.25) is 10.2 Å². The number of hydroxylamine groups is 1. The van der Waals surface area contributed by atoms with Crippen molar-refractivity contribution >= 4 is 5.96 Å². The van der Waals surface area contributed by atoms with E-state index in [4.69, 9.17) is 10.9 Å². The molecule has 0 saturated carbocycles. The molecule has 2 atom stereocenters. The maximum Gasteiger partial charge on any atom is 0.235 e. The van der Waals surface area contributed by atoms with Crippen molar-refractivity contribution in [2.24, 2.45) is 10.8 Å². The van der Waals surface area contributed by atoms with E-state index in [2.05, 4.69) is 18.9 Å². The molecule has 0 bridgehead atoms. The van der Waals surface area contributed by atoms with Crippen LogP contribution in [-0.4, -0.2) is 28.3 Å². The first-order chi connectivity index (χ1) is 6.15. The standard InChI is InChI=1S/C8H18N4O/c1-6-4-3-5-7(2)12(6)10-8(9)11-13/h6-7,13H,3-5H2,1-2H3,(H3,9,10,11). The van der Waals surface area contributed by atoms with Crippen LogP contribution in [0.1, 0.15) is 33.1 Å². The number of guanidine groups is 1. The number of piperidine rings is 1. The van der Waals surface area contributed by atoms with Gasteiger partial charge in [-0.15, -0.1) is 5.10 Å². The summed E-state index contributed by atoms with van der Waals surface area (Å²) in [6, 6.07) is 0.797. The average molecular weight is 186 g/mol. The molecule has 0 aromatic heterocycles. The van der Waals surface area contributed by atoms with Crippen molar-refractivity contribution in [3.63, 3.8) is 0 Å². The zero-order valence-electron chi connectivity index (χ0n) is 8.20. The second-order valence-corrected chi connectivity index (χ2v) is 3.61. The molecule has 1 saturated heterocycles. The van der Waals surface area contributed by atoms with Crippen LogP contribution in [0.3, 0.4) is 0 Å². The molecule has 4 N–H and O–H groups in total. The summed E-state index contributed by atoms with van der Waals surface area (Å²) in [5, 5.41) is 14.5. The second kappa shape index (κ2) is 4.32. The summed E-state index contributed by atoms with van der Waals surface area (Å²) in [6.45, 7) is 4.23. The van der Waals surface area contributed by atoms with Gasteiger partial charge in [0.15, 0.2) is 0 Å². The molecule has 1 heterocycles. The fraction of sp³-hybridized carbons (Fsp3) is 0.875. The van der Waals surface area contributed by atoms with Crippen LogP contribution in [-0.2, 0) is 0 Å². The van der Waals surface area contributed by atoms with Gasteiger partial charge in [0.2, 0.25) is 5.96 Å². The highest BCUT2D eigenvalue weighted by Crippen LogP contribution is 2.22. The lowest BCUT2D eigenvalue weighted by atomic mass is 10.00. The first kappa shape index (κ1) is 10.1. The Hall–Kier alpha value is -0.970. The maximum atomic E-state index is 8.51. The predicted molar refractivity (Wildman–Crippen MR) is 51.2 cm³/mol. The number of hydrazone groups is 1. The third-order valence-corrected chi connectivity index (χ3v) is 2.48. The van der Waals surface area contributed by atoms with Crippen molar-refractivity contribution in [1.82, 2.24) is 10.5 Å². The molecule has 0 spiro atoms. The highest BCUT2D eigenvalue weighted by Gasteiger charge is 2.23. The molecule has 13 heavy (non-hydrogen) atoms. The quantitative estimate of drug-likeness (QED) is 0.316. The van der Waals surface area contributed by atoms with Gasteiger partial charge in [0.1, 0.15) is 0 Å². The lowest BCUT2D eigenvalue weighted by molar-refractivity contribution is 0.105. The molecule has 1 aliphatic rings. The first-order valence-corrected chi connectivity index (χ1v) is 4.67. The van der Waals surface area contributed by atoms with Gasteiger partial charge >= 0.3 is 0 Å². The molecule has 2 unspecified atom stereocenters. The normalized spacial score (nSPS) is 30.4. The number of rotatable bonds is 1. The van der Waals surface area contributed by atoms with E-state index in [0.717, 1.165) is 12.8 Å². The first-order valence-electron chi connectivity index (χ1n) is 4.67. The van der Waals surface area contributed by atoms with Crippen LogP contribution >= 0.6 is 0 Å². The third-order valence-electron chi connectivity index (χ3n) is 2.48. The Bertz CT molecular complexity index is 185. The van der Waals surface area contributed by atoms with E-state index in [1.165, 1.54) is 6.42 Å². The van der Waals surface area contributed by atoms with Crippen LogP contribution in [0.2, 0.25) is 0 Å². The van der Waals surface area contributed by atoms with Gasteiger partial charge in [-0.25, -0.2) is 5.48 Å². The smallest absolute Gasteiger partial charge is 0.235 e. The summed E-state index contributed by atoms with van der Waals surface area (Å²) < 4.78 is 0. The highest BCUT2D eigenvalue weighted by atomic mass is 16.5. The van der Waals surface area contributed by atoms with Gasteiger partial charge in [-0.1, -0.05) is 0 Å². The number of hydrogen-bond donors (Lipinski definition) is 3. The molecule has 5 nitrogen and oxygen atoms in total. The monoisotopic (exact) mass is 186 g/mol. The van der Waals surface area contributed by atoms with Gasteiger partial charge in [0, 0.05) is 12.1 Å². The van der Waals surface area contributed by atoms with Crippen molar-refractivity contribution in [2.45, 2.75) is 45.2 Å². The molecule has 0 aromatic carbocycles. The summed E-state index contributed by atoms with van der Waals surface area (Å²) in [4.78, 5) is 0. The zero-order valence-corrected chi connectivity index (χ0v) is 8.20. The Morgan fingerprint density at radius 1 is 1.46 bits per heavy atom. The number of hydrogen-bond acceptors (Lipinski definition) is 3. The van der Waals surface area contributed by atoms with E-state index in [-0.39, 0.29) is 5.96 Å². The largest absolute Gasteiger partial charge is 0.367 e. The summed E-state index contributed by atoms with van der Waals surface area (Å²) in [6.07, 6.45) is 3.50. The van der Waals surface area contributed by atoms with Crippen molar-refractivity contribution < 1.29 is 5.21 Å². The van der Waals surface area contributed by atoms with Crippen LogP contribution < -0.4 is 11.2 Å². The molecule has 0 aromatic rings. The van der Waals surface area contributed by atoms with E-state index in [1.54, 1.807) is 0 Å². The minimum absolute atomic E-state index is 0.0561. The Morgan fingerprint density at radius 2 is 2.00 bits per heavy atom. The maximum absolute atomic E-state index is 8.51.